The summed E-state index contributed by atoms with van der Waals surface area (Å²) in [6, 6.07) is 4.99. The summed E-state index contributed by atoms with van der Waals surface area (Å²) < 4.78 is 6.17. The largest absolute Gasteiger partial charge is 0.497 e. The summed E-state index contributed by atoms with van der Waals surface area (Å²) in [6.45, 7) is 4.01. The maximum atomic E-state index is 12.8. The number of benzene rings is 1. The van der Waals surface area contributed by atoms with Crippen LogP contribution >= 0.6 is 11.3 Å². The first kappa shape index (κ1) is 16.2. The summed E-state index contributed by atoms with van der Waals surface area (Å²) in [6.07, 6.45) is 0.180. The van der Waals surface area contributed by atoms with Crippen molar-refractivity contribution >= 4 is 34.1 Å². The van der Waals surface area contributed by atoms with Crippen LogP contribution in [0.4, 0.5) is 4.79 Å². The number of carboxylic acid groups (broad SMARTS) is 1. The number of carbonyl (C=O) groups is 2. The van der Waals surface area contributed by atoms with Crippen molar-refractivity contribution in [2.45, 2.75) is 19.8 Å². The highest BCUT2D eigenvalue weighted by atomic mass is 32.1. The molecule has 0 atom stereocenters. The molecule has 2 heterocycles. The minimum Gasteiger partial charge on any atom is -0.497 e. The van der Waals surface area contributed by atoms with Gasteiger partial charge in [-0.25, -0.2) is 9.78 Å². The number of ether oxygens (including phenoxy) is 1. The van der Waals surface area contributed by atoms with E-state index in [4.69, 9.17) is 4.74 Å². The van der Waals surface area contributed by atoms with E-state index in [2.05, 4.69) is 4.98 Å². The predicted molar refractivity (Wildman–Crippen MR) is 91.5 cm³/mol. The number of ketones is 1. The van der Waals surface area contributed by atoms with Crippen molar-refractivity contribution in [2.24, 2.45) is 0 Å². The van der Waals surface area contributed by atoms with E-state index in [1.165, 1.54) is 24.6 Å². The molecule has 6 nitrogen and oxygen atoms in total. The van der Waals surface area contributed by atoms with E-state index >= 15 is 0 Å². The average molecular weight is 344 g/mol. The molecule has 2 aromatic heterocycles. The minimum absolute atomic E-state index is 0.229. The first-order chi connectivity index (χ1) is 11.4. The molecule has 0 aliphatic heterocycles. The standard InChI is InChI=1S/C17H16N2O4S/c1-9(2)13-8-24-16(18-13)15(20)12-7-19(17(21)22)14-6-10(23-3)4-5-11(12)14/h4-9H,1-3H3,(H,21,22). The fraction of sp³-hybridized carbons (Fsp3) is 0.235. The Morgan fingerprint density at radius 3 is 2.67 bits per heavy atom. The maximum absolute atomic E-state index is 12.8. The highest BCUT2D eigenvalue weighted by molar-refractivity contribution is 7.12. The number of methoxy groups -OCH3 is 1. The van der Waals surface area contributed by atoms with Gasteiger partial charge in [-0.15, -0.1) is 11.3 Å². The van der Waals surface area contributed by atoms with Crippen LogP contribution in [0.1, 0.15) is 40.8 Å². The third-order valence-electron chi connectivity index (χ3n) is 3.77. The van der Waals surface area contributed by atoms with Crippen LogP contribution in [0.2, 0.25) is 0 Å². The molecule has 1 aromatic carbocycles. The summed E-state index contributed by atoms with van der Waals surface area (Å²) in [5.41, 5.74) is 1.58. The van der Waals surface area contributed by atoms with Gasteiger partial charge in [0.25, 0.3) is 0 Å². The molecule has 0 aliphatic rings. The van der Waals surface area contributed by atoms with Gasteiger partial charge in [-0.3, -0.25) is 9.36 Å². The zero-order valence-electron chi connectivity index (χ0n) is 13.4. The highest BCUT2D eigenvalue weighted by Gasteiger charge is 2.22. The fourth-order valence-electron chi connectivity index (χ4n) is 2.44. The Balaban J connectivity index is 2.14. The molecule has 0 saturated heterocycles. The van der Waals surface area contributed by atoms with Crippen molar-refractivity contribution < 1.29 is 19.4 Å². The fourth-order valence-corrected chi connectivity index (χ4v) is 3.38. The number of nitrogens with zero attached hydrogens (tertiary/aromatic N) is 2. The zero-order valence-corrected chi connectivity index (χ0v) is 14.3. The molecule has 0 fully saturated rings. The number of aromatic nitrogens is 2. The summed E-state index contributed by atoms with van der Waals surface area (Å²) in [7, 11) is 1.50. The Morgan fingerprint density at radius 1 is 1.33 bits per heavy atom. The molecule has 0 spiro atoms. The van der Waals surface area contributed by atoms with E-state index < -0.39 is 6.09 Å². The van der Waals surface area contributed by atoms with E-state index in [9.17, 15) is 14.7 Å². The number of carbonyl (C=O) groups excluding carboxylic acids is 1. The summed E-state index contributed by atoms with van der Waals surface area (Å²) in [5.74, 6) is 0.480. The monoisotopic (exact) mass is 344 g/mol. The van der Waals surface area contributed by atoms with Crippen molar-refractivity contribution in [1.82, 2.24) is 9.55 Å². The van der Waals surface area contributed by atoms with Gasteiger partial charge in [-0.05, 0) is 18.1 Å². The van der Waals surface area contributed by atoms with Crippen LogP contribution in [0.5, 0.6) is 5.75 Å². The minimum atomic E-state index is -1.16. The van der Waals surface area contributed by atoms with E-state index in [0.29, 0.717) is 27.2 Å². The third-order valence-corrected chi connectivity index (χ3v) is 4.63. The molecule has 0 saturated carbocycles. The number of thiazole rings is 1. The predicted octanol–water partition coefficient (Wildman–Crippen LogP) is 3.99. The lowest BCUT2D eigenvalue weighted by Crippen LogP contribution is -2.06. The molecule has 0 amide bonds. The Bertz CT molecular complexity index is 939. The van der Waals surface area contributed by atoms with Crippen LogP contribution in [0, 0.1) is 0 Å². The van der Waals surface area contributed by atoms with Crippen LogP contribution in [-0.2, 0) is 0 Å². The van der Waals surface area contributed by atoms with Gasteiger partial charge < -0.3 is 9.84 Å². The van der Waals surface area contributed by atoms with Crippen molar-refractivity contribution in [3.8, 4) is 5.75 Å². The Hall–Kier alpha value is -2.67. The molecule has 24 heavy (non-hydrogen) atoms. The molecule has 7 heteroatoms. The first-order valence-electron chi connectivity index (χ1n) is 7.35. The van der Waals surface area contributed by atoms with Crippen molar-refractivity contribution in [2.75, 3.05) is 7.11 Å². The number of fused-ring (bicyclic) bond motifs is 1. The van der Waals surface area contributed by atoms with Crippen molar-refractivity contribution in [1.29, 1.82) is 0 Å². The van der Waals surface area contributed by atoms with Crippen LogP contribution in [-0.4, -0.2) is 33.6 Å². The molecule has 0 bridgehead atoms. The molecule has 3 aromatic rings. The normalized spacial score (nSPS) is 11.2. The van der Waals surface area contributed by atoms with Crippen LogP contribution < -0.4 is 4.74 Å². The van der Waals surface area contributed by atoms with Gasteiger partial charge in [0.1, 0.15) is 5.75 Å². The van der Waals surface area contributed by atoms with E-state index in [-0.39, 0.29) is 11.7 Å². The SMILES string of the molecule is COc1ccc2c(C(=O)c3nc(C(C)C)cs3)cn(C(=O)O)c2c1. The van der Waals surface area contributed by atoms with Gasteiger partial charge in [0.05, 0.1) is 23.9 Å². The quantitative estimate of drug-likeness (QED) is 0.724. The van der Waals surface area contributed by atoms with E-state index in [1.54, 1.807) is 18.2 Å². The van der Waals surface area contributed by atoms with Gasteiger partial charge in [-0.2, -0.15) is 0 Å². The van der Waals surface area contributed by atoms with Gasteiger partial charge in [-0.1, -0.05) is 13.8 Å². The van der Waals surface area contributed by atoms with Crippen molar-refractivity contribution in [3.05, 3.63) is 46.0 Å². The molecule has 1 N–H and O–H groups in total. The lowest BCUT2D eigenvalue weighted by molar-refractivity contribution is 0.103. The zero-order chi connectivity index (χ0) is 17.4. The average Bonchev–Trinajstić information content (AvgIpc) is 3.18. The van der Waals surface area contributed by atoms with Crippen LogP contribution in [0.25, 0.3) is 10.9 Å². The molecule has 124 valence electrons. The molecular formula is C17H16N2O4S. The van der Waals surface area contributed by atoms with Gasteiger partial charge >= 0.3 is 6.09 Å². The Kier molecular flexibility index (Phi) is 4.11. The molecular weight excluding hydrogens is 328 g/mol. The number of hydrogen-bond acceptors (Lipinski definition) is 5. The smallest absolute Gasteiger partial charge is 0.416 e. The molecule has 0 radical (unpaired) electrons. The van der Waals surface area contributed by atoms with Gasteiger partial charge in [0, 0.05) is 23.0 Å². The van der Waals surface area contributed by atoms with Gasteiger partial charge in [0.15, 0.2) is 5.01 Å². The number of rotatable bonds is 4. The Labute approximate surface area is 142 Å². The Morgan fingerprint density at radius 2 is 2.08 bits per heavy atom. The summed E-state index contributed by atoms with van der Waals surface area (Å²) in [5, 5.41) is 12.2. The summed E-state index contributed by atoms with van der Waals surface area (Å²) in [4.78, 5) is 28.6. The van der Waals surface area contributed by atoms with Crippen LogP contribution in [0.3, 0.4) is 0 Å². The maximum Gasteiger partial charge on any atom is 0.416 e. The first-order valence-corrected chi connectivity index (χ1v) is 8.23. The summed E-state index contributed by atoms with van der Waals surface area (Å²) >= 11 is 1.27. The lowest BCUT2D eigenvalue weighted by Gasteiger charge is -2.01. The third kappa shape index (κ3) is 2.67. The highest BCUT2D eigenvalue weighted by Crippen LogP contribution is 2.29. The second-order valence-electron chi connectivity index (χ2n) is 5.64. The van der Waals surface area contributed by atoms with Crippen molar-refractivity contribution in [3.63, 3.8) is 0 Å². The van der Waals surface area contributed by atoms with Crippen LogP contribution in [0.15, 0.2) is 29.8 Å². The molecule has 0 unspecified atom stereocenters. The molecule has 3 rings (SSSR count). The van der Waals surface area contributed by atoms with E-state index in [0.717, 1.165) is 10.3 Å². The topological polar surface area (TPSA) is 81.4 Å². The second-order valence-corrected chi connectivity index (χ2v) is 6.50. The number of hydrogen-bond donors (Lipinski definition) is 1. The van der Waals surface area contributed by atoms with Gasteiger partial charge in [0.2, 0.25) is 5.78 Å². The van der Waals surface area contributed by atoms with E-state index in [1.807, 2.05) is 19.2 Å². The lowest BCUT2D eigenvalue weighted by atomic mass is 10.1. The second kappa shape index (κ2) is 6.09. The molecule has 0 aliphatic carbocycles.